The summed E-state index contributed by atoms with van der Waals surface area (Å²) in [6.45, 7) is 6.17. The van der Waals surface area contributed by atoms with Gasteiger partial charge in [-0.05, 0) is 85.5 Å². The third-order valence-electron chi connectivity index (χ3n) is 7.26. The molecule has 0 aliphatic carbocycles. The average molecular weight is 546 g/mol. The maximum Gasteiger partial charge on any atom is 0.193 e. The molecule has 0 saturated carbocycles. The Morgan fingerprint density at radius 2 is 1.25 bits per heavy atom. The van der Waals surface area contributed by atoms with E-state index in [1.165, 1.54) is 12.8 Å². The van der Waals surface area contributed by atoms with E-state index in [9.17, 15) is 4.79 Å². The minimum Gasteiger partial charge on any atom is -0.497 e. The molecule has 0 spiro atoms. The Morgan fingerprint density at radius 1 is 0.750 bits per heavy atom. The van der Waals surface area contributed by atoms with Crippen molar-refractivity contribution < 1.29 is 28.5 Å². The van der Waals surface area contributed by atoms with E-state index in [0.717, 1.165) is 36.9 Å². The number of benzene rings is 3. The van der Waals surface area contributed by atoms with E-state index in [1.807, 2.05) is 42.5 Å². The lowest BCUT2D eigenvalue weighted by Crippen LogP contribution is -2.35. The fourth-order valence-electron chi connectivity index (χ4n) is 4.74. The van der Waals surface area contributed by atoms with Crippen molar-refractivity contribution in [1.29, 1.82) is 0 Å². The van der Waals surface area contributed by atoms with Gasteiger partial charge < -0.3 is 23.7 Å². The molecule has 1 aliphatic heterocycles. The highest BCUT2D eigenvalue weighted by atomic mass is 16.5. The summed E-state index contributed by atoms with van der Waals surface area (Å²) in [4.78, 5) is 16.4. The van der Waals surface area contributed by atoms with Gasteiger partial charge in [0.2, 0.25) is 0 Å². The van der Waals surface area contributed by atoms with E-state index < -0.39 is 0 Å². The Bertz CT molecular complexity index is 1260. The van der Waals surface area contributed by atoms with Crippen LogP contribution in [0.5, 0.6) is 28.7 Å². The molecule has 7 nitrogen and oxygen atoms in total. The Morgan fingerprint density at radius 3 is 1.75 bits per heavy atom. The summed E-state index contributed by atoms with van der Waals surface area (Å²) in [6, 6.07) is 18.3. The fourth-order valence-corrected chi connectivity index (χ4v) is 4.74. The molecule has 7 heteroatoms. The number of ketones is 1. The number of carbonyl (C=O) groups is 1. The number of carbonyl (C=O) groups excluding carboxylic acids is 1. The quantitative estimate of drug-likeness (QED) is 0.151. The maximum atomic E-state index is 14.0. The second-order valence-corrected chi connectivity index (χ2v) is 10.0. The summed E-state index contributed by atoms with van der Waals surface area (Å²) in [6.07, 6.45) is 4.37. The molecule has 0 bridgehead atoms. The first-order valence-electron chi connectivity index (χ1n) is 13.6. The smallest absolute Gasteiger partial charge is 0.193 e. The van der Waals surface area contributed by atoms with Crippen molar-refractivity contribution in [2.24, 2.45) is 5.92 Å². The first kappa shape index (κ1) is 29.0. The molecular formula is C33H39NO6. The number of nitrogens with zero attached hydrogens (tertiary/aromatic N) is 1. The third-order valence-corrected chi connectivity index (χ3v) is 7.26. The van der Waals surface area contributed by atoms with Crippen LogP contribution in [-0.2, 0) is 0 Å². The van der Waals surface area contributed by atoms with E-state index in [1.54, 1.807) is 52.7 Å². The topological polar surface area (TPSA) is 66.5 Å². The van der Waals surface area contributed by atoms with E-state index in [2.05, 4.69) is 11.8 Å². The number of hydrogen-bond acceptors (Lipinski definition) is 7. The van der Waals surface area contributed by atoms with Crippen LogP contribution in [0.4, 0.5) is 0 Å². The molecule has 212 valence electrons. The molecule has 0 atom stereocenters. The highest BCUT2D eigenvalue weighted by Gasteiger charge is 2.19. The summed E-state index contributed by atoms with van der Waals surface area (Å²) in [5, 5.41) is 0. The standard InChI is InChI=1S/C33H39NO6/c1-23-10-12-34(13-11-23)14-15-40-27-8-6-24(7-9-27)16-32(25-17-28(36-2)21-29(18-25)37-3)33(35)26-19-30(38-4)22-31(20-26)39-5/h6-9,16-23H,10-15H2,1-5H3. The van der Waals surface area contributed by atoms with Crippen LogP contribution in [-0.4, -0.2) is 65.4 Å². The molecule has 0 aromatic heterocycles. The zero-order valence-corrected chi connectivity index (χ0v) is 24.1. The Hall–Kier alpha value is -3.97. The van der Waals surface area contributed by atoms with Gasteiger partial charge in [-0.2, -0.15) is 0 Å². The van der Waals surface area contributed by atoms with Crippen LogP contribution in [0.2, 0.25) is 0 Å². The van der Waals surface area contributed by atoms with Crippen molar-refractivity contribution in [1.82, 2.24) is 4.90 Å². The molecule has 1 saturated heterocycles. The second kappa shape index (κ2) is 13.9. The number of rotatable bonds is 12. The molecular weight excluding hydrogens is 506 g/mol. The van der Waals surface area contributed by atoms with Crippen LogP contribution in [0.1, 0.15) is 41.3 Å². The molecule has 1 heterocycles. The predicted molar refractivity (Wildman–Crippen MR) is 158 cm³/mol. The number of likely N-dealkylation sites (tertiary alicyclic amines) is 1. The Kier molecular flexibility index (Phi) is 10.1. The van der Waals surface area contributed by atoms with Crippen LogP contribution in [0.3, 0.4) is 0 Å². The highest BCUT2D eigenvalue weighted by Crippen LogP contribution is 2.33. The summed E-state index contributed by atoms with van der Waals surface area (Å²) in [5.41, 5.74) is 2.44. The highest BCUT2D eigenvalue weighted by molar-refractivity contribution is 6.32. The van der Waals surface area contributed by atoms with Crippen LogP contribution in [0.15, 0.2) is 60.7 Å². The summed E-state index contributed by atoms with van der Waals surface area (Å²) >= 11 is 0. The van der Waals surface area contributed by atoms with Gasteiger partial charge in [0.05, 0.1) is 28.4 Å². The minimum absolute atomic E-state index is 0.191. The maximum absolute atomic E-state index is 14.0. The van der Waals surface area contributed by atoms with Gasteiger partial charge in [-0.15, -0.1) is 0 Å². The van der Waals surface area contributed by atoms with Crippen LogP contribution in [0, 0.1) is 5.92 Å². The molecule has 3 aromatic carbocycles. The number of Topliss-reactive ketones (excluding diaryl/α,β-unsaturated/α-hetero) is 1. The average Bonchev–Trinajstić information content (AvgIpc) is 3.00. The van der Waals surface area contributed by atoms with E-state index in [0.29, 0.717) is 46.3 Å². The Labute approximate surface area is 237 Å². The minimum atomic E-state index is -0.191. The lowest BCUT2D eigenvalue weighted by Gasteiger charge is -2.29. The van der Waals surface area contributed by atoms with Crippen LogP contribution >= 0.6 is 0 Å². The van der Waals surface area contributed by atoms with E-state index >= 15 is 0 Å². The first-order chi connectivity index (χ1) is 19.4. The second-order valence-electron chi connectivity index (χ2n) is 10.0. The van der Waals surface area contributed by atoms with Gasteiger partial charge >= 0.3 is 0 Å². The monoisotopic (exact) mass is 545 g/mol. The number of allylic oxidation sites excluding steroid dienone is 1. The lowest BCUT2D eigenvalue weighted by atomic mass is 9.94. The van der Waals surface area contributed by atoms with Gasteiger partial charge in [0.1, 0.15) is 35.4 Å². The van der Waals surface area contributed by atoms with Crippen molar-refractivity contribution in [2.75, 3.05) is 54.7 Å². The number of ether oxygens (including phenoxy) is 5. The summed E-state index contributed by atoms with van der Waals surface area (Å²) in [7, 11) is 6.29. The number of hydrogen-bond donors (Lipinski definition) is 0. The summed E-state index contributed by atoms with van der Waals surface area (Å²) in [5.74, 6) is 3.67. The number of piperidine rings is 1. The van der Waals surface area contributed by atoms with Gasteiger partial charge in [-0.1, -0.05) is 19.1 Å². The van der Waals surface area contributed by atoms with Gasteiger partial charge in [0, 0.05) is 29.8 Å². The van der Waals surface area contributed by atoms with Crippen molar-refractivity contribution >= 4 is 17.4 Å². The van der Waals surface area contributed by atoms with Crippen molar-refractivity contribution in [3.05, 3.63) is 77.4 Å². The summed E-state index contributed by atoms with van der Waals surface area (Å²) < 4.78 is 27.8. The largest absolute Gasteiger partial charge is 0.497 e. The van der Waals surface area contributed by atoms with Gasteiger partial charge in [0.15, 0.2) is 5.78 Å². The van der Waals surface area contributed by atoms with Gasteiger partial charge in [0.25, 0.3) is 0 Å². The van der Waals surface area contributed by atoms with Crippen LogP contribution < -0.4 is 23.7 Å². The third kappa shape index (κ3) is 7.57. The molecule has 1 aliphatic rings. The lowest BCUT2D eigenvalue weighted by molar-refractivity contribution is 0.105. The molecule has 40 heavy (non-hydrogen) atoms. The zero-order chi connectivity index (χ0) is 28.5. The number of methoxy groups -OCH3 is 4. The molecule has 0 unspecified atom stereocenters. The van der Waals surface area contributed by atoms with Crippen molar-refractivity contribution in [2.45, 2.75) is 19.8 Å². The van der Waals surface area contributed by atoms with Gasteiger partial charge in [-0.25, -0.2) is 0 Å². The van der Waals surface area contributed by atoms with E-state index in [4.69, 9.17) is 23.7 Å². The first-order valence-corrected chi connectivity index (χ1v) is 13.6. The van der Waals surface area contributed by atoms with E-state index in [-0.39, 0.29) is 5.78 Å². The predicted octanol–water partition coefficient (Wildman–Crippen LogP) is 6.26. The van der Waals surface area contributed by atoms with Crippen molar-refractivity contribution in [3.8, 4) is 28.7 Å². The molecule has 3 aromatic rings. The Balaban J connectivity index is 1.61. The fraction of sp³-hybridized carbons (Fsp3) is 0.364. The molecule has 4 rings (SSSR count). The molecule has 1 fully saturated rings. The van der Waals surface area contributed by atoms with Crippen molar-refractivity contribution in [3.63, 3.8) is 0 Å². The normalized spacial score (nSPS) is 14.5. The molecule has 0 amide bonds. The van der Waals surface area contributed by atoms with Crippen LogP contribution in [0.25, 0.3) is 11.6 Å². The molecule has 0 N–H and O–H groups in total. The van der Waals surface area contributed by atoms with Gasteiger partial charge in [-0.3, -0.25) is 9.69 Å². The molecule has 0 radical (unpaired) electrons. The zero-order valence-electron chi connectivity index (χ0n) is 24.1. The SMILES string of the molecule is COc1cc(OC)cc(C(=O)C(=Cc2ccc(OCCN3CCC(C)CC3)cc2)c2cc(OC)cc(OC)c2)c1.